The highest BCUT2D eigenvalue weighted by atomic mass is 35.5. The van der Waals surface area contributed by atoms with Crippen molar-refractivity contribution in [3.05, 3.63) is 47.0 Å². The lowest BCUT2D eigenvalue weighted by Crippen LogP contribution is -2.42. The van der Waals surface area contributed by atoms with Gasteiger partial charge < -0.3 is 19.3 Å². The smallest absolute Gasteiger partial charge is 0.284 e. The second kappa shape index (κ2) is 7.97. The van der Waals surface area contributed by atoms with Gasteiger partial charge in [-0.05, 0) is 36.8 Å². The van der Waals surface area contributed by atoms with Gasteiger partial charge in [-0.3, -0.25) is 4.79 Å². The van der Waals surface area contributed by atoms with Crippen LogP contribution in [0.25, 0.3) is 0 Å². The van der Waals surface area contributed by atoms with Crippen LogP contribution in [0.5, 0.6) is 23.0 Å². The van der Waals surface area contributed by atoms with Gasteiger partial charge in [0.05, 0.1) is 17.8 Å². The molecular weight excluding hydrogens is 360 g/mol. The Morgan fingerprint density at radius 1 is 1.42 bits per heavy atom. The molecule has 0 saturated carbocycles. The monoisotopic (exact) mass is 376 g/mol. The van der Waals surface area contributed by atoms with Crippen LogP contribution in [0, 0.1) is 0 Å². The van der Waals surface area contributed by atoms with Gasteiger partial charge in [-0.1, -0.05) is 23.7 Å². The van der Waals surface area contributed by atoms with Crippen molar-refractivity contribution in [3.63, 3.8) is 0 Å². The fourth-order valence-corrected chi connectivity index (χ4v) is 2.54. The van der Waals surface area contributed by atoms with Crippen LogP contribution in [0.15, 0.2) is 41.5 Å². The Morgan fingerprint density at radius 3 is 2.96 bits per heavy atom. The number of ether oxygens (including phenoxy) is 3. The van der Waals surface area contributed by atoms with Crippen LogP contribution >= 0.6 is 11.6 Å². The maximum Gasteiger partial charge on any atom is 0.284 e. The molecule has 3 rings (SSSR count). The quantitative estimate of drug-likeness (QED) is 0.618. The molecule has 1 aliphatic rings. The first-order valence-electron chi connectivity index (χ1n) is 7.95. The summed E-state index contributed by atoms with van der Waals surface area (Å²) in [7, 11) is 0. The van der Waals surface area contributed by atoms with Crippen molar-refractivity contribution in [1.82, 2.24) is 5.43 Å². The number of nitrogens with one attached hydrogen (secondary N) is 1. The van der Waals surface area contributed by atoms with Gasteiger partial charge in [0.2, 0.25) is 6.10 Å². The fourth-order valence-electron chi connectivity index (χ4n) is 2.33. The van der Waals surface area contributed by atoms with E-state index in [-0.39, 0.29) is 23.1 Å². The molecule has 0 radical (unpaired) electrons. The first kappa shape index (κ1) is 17.9. The molecule has 0 saturated heterocycles. The Morgan fingerprint density at radius 2 is 2.19 bits per heavy atom. The number of hydrogen-bond acceptors (Lipinski definition) is 6. The number of phenols is 1. The molecule has 1 atom stereocenters. The SMILES string of the molecule is CCOc1cc(/C=N/NC(=O)[C@@H]2COc3ccccc3O2)cc(Cl)c1O. The standard InChI is InChI=1S/C18H17ClN2O5/c1-2-24-15-8-11(7-12(19)17(15)22)9-20-21-18(23)16-10-25-13-5-3-4-6-14(13)26-16/h3-9,16,22H,2,10H2,1H3,(H,21,23)/b20-9+/t16-/m0/s1. The summed E-state index contributed by atoms with van der Waals surface area (Å²) in [6.07, 6.45) is 0.591. The molecule has 0 spiro atoms. The molecule has 136 valence electrons. The number of fused-ring (bicyclic) bond motifs is 1. The van der Waals surface area contributed by atoms with E-state index < -0.39 is 12.0 Å². The maximum absolute atomic E-state index is 12.2. The molecule has 0 aliphatic carbocycles. The lowest BCUT2D eigenvalue weighted by molar-refractivity contribution is -0.130. The molecule has 0 fully saturated rings. The van der Waals surface area contributed by atoms with Gasteiger partial charge in [0.1, 0.15) is 6.61 Å². The predicted octanol–water partition coefficient (Wildman–Crippen LogP) is 2.73. The number of rotatable bonds is 5. The average Bonchev–Trinajstić information content (AvgIpc) is 2.65. The third-order valence-corrected chi connectivity index (χ3v) is 3.83. The molecule has 2 N–H and O–H groups in total. The summed E-state index contributed by atoms with van der Waals surface area (Å²) < 4.78 is 16.4. The van der Waals surface area contributed by atoms with E-state index in [2.05, 4.69) is 10.5 Å². The third kappa shape index (κ3) is 4.00. The van der Waals surface area contributed by atoms with Crippen molar-refractivity contribution in [2.45, 2.75) is 13.0 Å². The highest BCUT2D eigenvalue weighted by Crippen LogP contribution is 2.34. The molecule has 0 unspecified atom stereocenters. The van der Waals surface area contributed by atoms with Gasteiger partial charge >= 0.3 is 0 Å². The zero-order chi connectivity index (χ0) is 18.5. The van der Waals surface area contributed by atoms with Crippen LogP contribution in [-0.4, -0.2) is 36.5 Å². The largest absolute Gasteiger partial charge is 0.503 e. The van der Waals surface area contributed by atoms with Crippen molar-refractivity contribution < 1.29 is 24.1 Å². The summed E-state index contributed by atoms with van der Waals surface area (Å²) in [5, 5.41) is 13.8. The van der Waals surface area contributed by atoms with Gasteiger partial charge in [0.25, 0.3) is 5.91 Å². The maximum atomic E-state index is 12.2. The Hall–Kier alpha value is -2.93. The Bertz CT molecular complexity index is 840. The van der Waals surface area contributed by atoms with Crippen molar-refractivity contribution in [3.8, 4) is 23.0 Å². The van der Waals surface area contributed by atoms with E-state index in [1.807, 2.05) is 6.07 Å². The molecule has 0 aromatic heterocycles. The van der Waals surface area contributed by atoms with Gasteiger partial charge in [0.15, 0.2) is 23.0 Å². The van der Waals surface area contributed by atoms with Crippen molar-refractivity contribution in [2.24, 2.45) is 5.10 Å². The minimum Gasteiger partial charge on any atom is -0.503 e. The van der Waals surface area contributed by atoms with Crippen LogP contribution in [0.3, 0.4) is 0 Å². The van der Waals surface area contributed by atoms with Crippen LogP contribution in [0.2, 0.25) is 5.02 Å². The molecule has 2 aromatic rings. The number of amides is 1. The van der Waals surface area contributed by atoms with Gasteiger partial charge in [-0.25, -0.2) is 5.43 Å². The molecule has 1 amide bonds. The molecule has 1 aliphatic heterocycles. The number of benzene rings is 2. The van der Waals surface area contributed by atoms with Crippen LogP contribution < -0.4 is 19.6 Å². The Kier molecular flexibility index (Phi) is 5.48. The summed E-state index contributed by atoms with van der Waals surface area (Å²) >= 11 is 5.95. The van der Waals surface area contributed by atoms with Crippen LogP contribution in [0.1, 0.15) is 12.5 Å². The normalized spacial score (nSPS) is 15.7. The lowest BCUT2D eigenvalue weighted by Gasteiger charge is -2.24. The average molecular weight is 377 g/mol. The predicted molar refractivity (Wildman–Crippen MR) is 96.4 cm³/mol. The van der Waals surface area contributed by atoms with E-state index in [1.54, 1.807) is 31.2 Å². The summed E-state index contributed by atoms with van der Waals surface area (Å²) in [5.41, 5.74) is 2.95. The summed E-state index contributed by atoms with van der Waals surface area (Å²) in [6, 6.07) is 10.2. The van der Waals surface area contributed by atoms with Crippen LogP contribution in [0.4, 0.5) is 0 Å². The number of carbonyl (C=O) groups excluding carboxylic acids is 1. The number of carbonyl (C=O) groups is 1. The molecule has 2 aromatic carbocycles. The molecule has 26 heavy (non-hydrogen) atoms. The number of hydrazone groups is 1. The second-order valence-electron chi connectivity index (χ2n) is 5.38. The van der Waals surface area contributed by atoms with E-state index in [4.69, 9.17) is 25.8 Å². The molecule has 1 heterocycles. The third-order valence-electron chi connectivity index (χ3n) is 3.54. The van der Waals surface area contributed by atoms with Crippen molar-refractivity contribution in [1.29, 1.82) is 0 Å². The van der Waals surface area contributed by atoms with Crippen LogP contribution in [-0.2, 0) is 4.79 Å². The minimum absolute atomic E-state index is 0.0951. The molecule has 7 nitrogen and oxygen atoms in total. The Balaban J connectivity index is 1.63. The van der Waals surface area contributed by atoms with Gasteiger partial charge in [-0.2, -0.15) is 5.10 Å². The minimum atomic E-state index is -0.801. The zero-order valence-electron chi connectivity index (χ0n) is 13.9. The number of phenolic OH excluding ortho intramolecular Hbond substituents is 1. The first-order chi connectivity index (χ1) is 12.6. The van der Waals surface area contributed by atoms with Crippen molar-refractivity contribution >= 4 is 23.7 Å². The second-order valence-corrected chi connectivity index (χ2v) is 5.79. The first-order valence-corrected chi connectivity index (χ1v) is 8.33. The lowest BCUT2D eigenvalue weighted by atomic mass is 10.2. The number of halogens is 1. The molecular formula is C18H17ClN2O5. The number of para-hydroxylation sites is 2. The topological polar surface area (TPSA) is 89.4 Å². The van der Waals surface area contributed by atoms with E-state index in [0.29, 0.717) is 23.7 Å². The summed E-state index contributed by atoms with van der Waals surface area (Å²) in [5.74, 6) is 0.775. The number of hydrogen-bond donors (Lipinski definition) is 2. The highest BCUT2D eigenvalue weighted by Gasteiger charge is 2.27. The summed E-state index contributed by atoms with van der Waals surface area (Å²) in [4.78, 5) is 12.2. The molecule has 8 heteroatoms. The highest BCUT2D eigenvalue weighted by molar-refractivity contribution is 6.32. The zero-order valence-corrected chi connectivity index (χ0v) is 14.7. The van der Waals surface area contributed by atoms with Gasteiger partial charge in [0, 0.05) is 0 Å². The fraction of sp³-hybridized carbons (Fsp3) is 0.222. The van der Waals surface area contributed by atoms with Gasteiger partial charge in [-0.15, -0.1) is 0 Å². The number of aromatic hydroxyl groups is 1. The number of nitrogens with zero attached hydrogens (tertiary/aromatic N) is 1. The van der Waals surface area contributed by atoms with E-state index in [0.717, 1.165) is 0 Å². The van der Waals surface area contributed by atoms with E-state index in [9.17, 15) is 9.90 Å². The Labute approximate surface area is 155 Å². The molecule has 0 bridgehead atoms. The summed E-state index contributed by atoms with van der Waals surface area (Å²) in [6.45, 7) is 2.26. The van der Waals surface area contributed by atoms with Crippen molar-refractivity contribution in [2.75, 3.05) is 13.2 Å². The van der Waals surface area contributed by atoms with E-state index >= 15 is 0 Å². The van der Waals surface area contributed by atoms with E-state index in [1.165, 1.54) is 12.3 Å².